The van der Waals surface area contributed by atoms with Gasteiger partial charge in [-0.1, -0.05) is 0 Å². The van der Waals surface area contributed by atoms with Gasteiger partial charge in [-0.25, -0.2) is 4.98 Å². The van der Waals surface area contributed by atoms with E-state index >= 15 is 0 Å². The quantitative estimate of drug-likeness (QED) is 0.621. The highest BCUT2D eigenvalue weighted by Crippen LogP contribution is 2.19. The van der Waals surface area contributed by atoms with Crippen LogP contribution in [0.2, 0.25) is 0 Å². The minimum absolute atomic E-state index is 0.144. The Morgan fingerprint density at radius 1 is 1.57 bits per heavy atom. The van der Waals surface area contributed by atoms with Crippen LogP contribution in [0, 0.1) is 0 Å². The number of nitrogens with two attached hydrogens (primary N) is 1. The number of nitrogens with one attached hydrogen (secondary N) is 2. The standard InChI is InChI=1S/C9H14N4O/c10-6-2-1-3-7(6)13-8-4-9(14)12-5-11-8/h4-7H,1-3,10H2,(H2,11,12,13,14). The van der Waals surface area contributed by atoms with Gasteiger partial charge in [0.05, 0.1) is 6.33 Å². The third-order valence-electron chi connectivity index (χ3n) is 2.58. The molecular weight excluding hydrogens is 180 g/mol. The molecular formula is C9H14N4O. The van der Waals surface area contributed by atoms with E-state index in [0.29, 0.717) is 5.82 Å². The third kappa shape index (κ3) is 1.93. The van der Waals surface area contributed by atoms with Crippen LogP contribution in [0.4, 0.5) is 5.82 Å². The van der Waals surface area contributed by atoms with E-state index in [-0.39, 0.29) is 17.6 Å². The summed E-state index contributed by atoms with van der Waals surface area (Å²) in [7, 11) is 0. The highest BCUT2D eigenvalue weighted by atomic mass is 16.1. The maximum absolute atomic E-state index is 11.0. The molecule has 1 aromatic rings. The van der Waals surface area contributed by atoms with Crippen molar-refractivity contribution in [3.8, 4) is 0 Å². The van der Waals surface area contributed by atoms with Crippen molar-refractivity contribution in [3.05, 3.63) is 22.7 Å². The maximum Gasteiger partial charge on any atom is 0.252 e. The molecule has 14 heavy (non-hydrogen) atoms. The molecule has 2 unspecified atom stereocenters. The van der Waals surface area contributed by atoms with Gasteiger partial charge in [0.1, 0.15) is 5.82 Å². The van der Waals surface area contributed by atoms with E-state index in [1.807, 2.05) is 0 Å². The van der Waals surface area contributed by atoms with E-state index in [1.54, 1.807) is 0 Å². The van der Waals surface area contributed by atoms with Crippen molar-refractivity contribution in [2.24, 2.45) is 5.73 Å². The molecule has 0 spiro atoms. The summed E-state index contributed by atoms with van der Waals surface area (Å²) < 4.78 is 0. The lowest BCUT2D eigenvalue weighted by Gasteiger charge is -2.17. The Hall–Kier alpha value is -1.36. The number of hydrogen-bond acceptors (Lipinski definition) is 4. The monoisotopic (exact) mass is 194 g/mol. The average Bonchev–Trinajstić information content (AvgIpc) is 2.52. The van der Waals surface area contributed by atoms with Crippen molar-refractivity contribution >= 4 is 5.82 Å². The van der Waals surface area contributed by atoms with E-state index in [4.69, 9.17) is 5.73 Å². The van der Waals surface area contributed by atoms with E-state index in [9.17, 15) is 4.79 Å². The molecule has 0 saturated heterocycles. The lowest BCUT2D eigenvalue weighted by molar-refractivity contribution is 0.635. The fourth-order valence-electron chi connectivity index (χ4n) is 1.81. The maximum atomic E-state index is 11.0. The Kier molecular flexibility index (Phi) is 2.49. The van der Waals surface area contributed by atoms with Crippen LogP contribution in [-0.4, -0.2) is 22.1 Å². The zero-order chi connectivity index (χ0) is 9.97. The van der Waals surface area contributed by atoms with Gasteiger partial charge in [-0.05, 0) is 19.3 Å². The summed E-state index contributed by atoms with van der Waals surface area (Å²) in [6.07, 6.45) is 4.63. The van der Waals surface area contributed by atoms with Gasteiger partial charge in [0.2, 0.25) is 0 Å². The molecule has 1 saturated carbocycles. The Morgan fingerprint density at radius 2 is 2.43 bits per heavy atom. The number of hydrogen-bond donors (Lipinski definition) is 3. The molecule has 2 atom stereocenters. The molecule has 0 radical (unpaired) electrons. The predicted molar refractivity (Wildman–Crippen MR) is 54.1 cm³/mol. The van der Waals surface area contributed by atoms with E-state index in [0.717, 1.165) is 19.3 Å². The molecule has 2 rings (SSSR count). The molecule has 5 nitrogen and oxygen atoms in total. The van der Waals surface area contributed by atoms with Crippen LogP contribution in [0.15, 0.2) is 17.2 Å². The van der Waals surface area contributed by atoms with Crippen molar-refractivity contribution < 1.29 is 0 Å². The van der Waals surface area contributed by atoms with Gasteiger partial charge in [-0.15, -0.1) is 0 Å². The van der Waals surface area contributed by atoms with Gasteiger partial charge in [-0.2, -0.15) is 0 Å². The lowest BCUT2D eigenvalue weighted by Crippen LogP contribution is -2.35. The van der Waals surface area contributed by atoms with Crippen LogP contribution in [0.1, 0.15) is 19.3 Å². The summed E-state index contributed by atoms with van der Waals surface area (Å²) >= 11 is 0. The number of aromatic amines is 1. The molecule has 1 heterocycles. The SMILES string of the molecule is NC1CCCC1Nc1cc(=O)[nH]cn1. The van der Waals surface area contributed by atoms with Gasteiger partial charge in [0, 0.05) is 18.2 Å². The number of H-pyrrole nitrogens is 1. The van der Waals surface area contributed by atoms with Crippen molar-refractivity contribution in [2.75, 3.05) is 5.32 Å². The van der Waals surface area contributed by atoms with Crippen molar-refractivity contribution in [3.63, 3.8) is 0 Å². The van der Waals surface area contributed by atoms with Crippen molar-refractivity contribution in [1.29, 1.82) is 0 Å². The fraction of sp³-hybridized carbons (Fsp3) is 0.556. The lowest BCUT2D eigenvalue weighted by atomic mass is 10.2. The summed E-state index contributed by atoms with van der Waals surface area (Å²) in [4.78, 5) is 17.5. The first-order valence-corrected chi connectivity index (χ1v) is 4.82. The van der Waals surface area contributed by atoms with Crippen LogP contribution in [0.5, 0.6) is 0 Å². The normalized spacial score (nSPS) is 26.4. The Balaban J connectivity index is 2.07. The predicted octanol–water partition coefficient (Wildman–Crippen LogP) is 0.0616. The smallest absolute Gasteiger partial charge is 0.252 e. The van der Waals surface area contributed by atoms with Crippen LogP contribution in [-0.2, 0) is 0 Å². The first-order chi connectivity index (χ1) is 6.75. The van der Waals surface area contributed by atoms with Gasteiger partial charge >= 0.3 is 0 Å². The Labute approximate surface area is 81.7 Å². The molecule has 0 amide bonds. The summed E-state index contributed by atoms with van der Waals surface area (Å²) in [5.74, 6) is 0.608. The molecule has 1 aliphatic rings. The molecule has 0 aromatic carbocycles. The third-order valence-corrected chi connectivity index (χ3v) is 2.58. The van der Waals surface area contributed by atoms with Crippen LogP contribution in [0.3, 0.4) is 0 Å². The van der Waals surface area contributed by atoms with E-state index in [2.05, 4.69) is 15.3 Å². The van der Waals surface area contributed by atoms with Gasteiger partial charge in [0.25, 0.3) is 5.56 Å². The summed E-state index contributed by atoms with van der Waals surface area (Å²) in [6, 6.07) is 1.88. The second kappa shape index (κ2) is 3.79. The highest BCUT2D eigenvalue weighted by Gasteiger charge is 2.23. The van der Waals surface area contributed by atoms with Crippen LogP contribution in [0.25, 0.3) is 0 Å². The average molecular weight is 194 g/mol. The molecule has 1 aromatic heterocycles. The van der Waals surface area contributed by atoms with Gasteiger partial charge in [-0.3, -0.25) is 4.79 Å². The number of aromatic nitrogens is 2. The first-order valence-electron chi connectivity index (χ1n) is 4.82. The summed E-state index contributed by atoms with van der Waals surface area (Å²) in [5, 5.41) is 3.18. The second-order valence-corrected chi connectivity index (χ2v) is 3.64. The summed E-state index contributed by atoms with van der Waals surface area (Å²) in [6.45, 7) is 0. The zero-order valence-corrected chi connectivity index (χ0v) is 7.86. The topological polar surface area (TPSA) is 83.8 Å². The molecule has 5 heteroatoms. The van der Waals surface area contributed by atoms with Crippen molar-refractivity contribution in [1.82, 2.24) is 9.97 Å². The number of nitrogens with zero attached hydrogens (tertiary/aromatic N) is 1. The van der Waals surface area contributed by atoms with Gasteiger partial charge in [0.15, 0.2) is 0 Å². The molecule has 0 aliphatic heterocycles. The number of rotatable bonds is 2. The minimum atomic E-state index is -0.144. The highest BCUT2D eigenvalue weighted by molar-refractivity contribution is 5.34. The molecule has 1 aliphatic carbocycles. The number of anilines is 1. The van der Waals surface area contributed by atoms with E-state index < -0.39 is 0 Å². The Morgan fingerprint density at radius 3 is 3.07 bits per heavy atom. The zero-order valence-electron chi connectivity index (χ0n) is 7.86. The first kappa shape index (κ1) is 9.21. The molecule has 0 bridgehead atoms. The minimum Gasteiger partial charge on any atom is -0.366 e. The van der Waals surface area contributed by atoms with Crippen molar-refractivity contribution in [2.45, 2.75) is 31.3 Å². The fourth-order valence-corrected chi connectivity index (χ4v) is 1.81. The molecule has 4 N–H and O–H groups in total. The Bertz CT molecular complexity index is 362. The van der Waals surface area contributed by atoms with Crippen LogP contribution >= 0.6 is 0 Å². The van der Waals surface area contributed by atoms with Crippen LogP contribution < -0.4 is 16.6 Å². The van der Waals surface area contributed by atoms with E-state index in [1.165, 1.54) is 12.4 Å². The van der Waals surface area contributed by atoms with Gasteiger partial charge < -0.3 is 16.0 Å². The molecule has 1 fully saturated rings. The molecule has 76 valence electrons. The largest absolute Gasteiger partial charge is 0.366 e. The second-order valence-electron chi connectivity index (χ2n) is 3.64. The summed E-state index contributed by atoms with van der Waals surface area (Å²) in [5.41, 5.74) is 5.74.